The average Bonchev–Trinajstić information content (AvgIpc) is 3.02. The molecule has 0 fully saturated rings. The number of benzene rings is 1. The Kier molecular flexibility index (Phi) is 4.63. The molecule has 2 aromatic heterocycles. The molecule has 0 saturated heterocycles. The standard InChI is InChI=1S/C16H12F3N5O4/c1-9-3-2-4-14-21-11(8-22(9)14)7-20-15-12(23(25)26)5-10(16(17,18)19)6-13(15)24(27)28/h2-6,8,20H,7H2,1H3. The Labute approximate surface area is 154 Å². The Bertz CT molecular complexity index is 1060. The molecule has 0 aliphatic rings. The number of hydrogen-bond acceptors (Lipinski definition) is 6. The first-order valence-electron chi connectivity index (χ1n) is 7.79. The molecule has 0 radical (unpaired) electrons. The summed E-state index contributed by atoms with van der Waals surface area (Å²) in [6, 6.07) is 5.86. The lowest BCUT2D eigenvalue weighted by Gasteiger charge is -2.10. The van der Waals surface area contributed by atoms with E-state index in [1.54, 1.807) is 22.7 Å². The van der Waals surface area contributed by atoms with Gasteiger partial charge in [-0.3, -0.25) is 20.2 Å². The van der Waals surface area contributed by atoms with Crippen LogP contribution in [-0.4, -0.2) is 19.2 Å². The highest BCUT2D eigenvalue weighted by molar-refractivity contribution is 5.75. The summed E-state index contributed by atoms with van der Waals surface area (Å²) in [5, 5.41) is 25.0. The van der Waals surface area contributed by atoms with Crippen LogP contribution in [0.4, 0.5) is 30.2 Å². The summed E-state index contributed by atoms with van der Waals surface area (Å²) in [6.45, 7) is 1.67. The second-order valence-electron chi connectivity index (χ2n) is 5.88. The molecule has 9 nitrogen and oxygen atoms in total. The maximum Gasteiger partial charge on any atom is 0.416 e. The van der Waals surface area contributed by atoms with Crippen molar-refractivity contribution < 1.29 is 23.0 Å². The van der Waals surface area contributed by atoms with Gasteiger partial charge in [-0.05, 0) is 19.1 Å². The molecule has 0 spiro atoms. The van der Waals surface area contributed by atoms with Gasteiger partial charge >= 0.3 is 6.18 Å². The van der Waals surface area contributed by atoms with Gasteiger partial charge in [0.05, 0.1) is 27.6 Å². The van der Waals surface area contributed by atoms with Crippen molar-refractivity contribution in [3.05, 3.63) is 73.7 Å². The second kappa shape index (κ2) is 6.79. The van der Waals surface area contributed by atoms with E-state index in [9.17, 15) is 33.4 Å². The predicted molar refractivity (Wildman–Crippen MR) is 92.0 cm³/mol. The van der Waals surface area contributed by atoms with Crippen molar-refractivity contribution in [3.63, 3.8) is 0 Å². The number of halogens is 3. The van der Waals surface area contributed by atoms with Crippen LogP contribution in [0.3, 0.4) is 0 Å². The van der Waals surface area contributed by atoms with Gasteiger partial charge in [0.25, 0.3) is 11.4 Å². The minimum absolute atomic E-state index is 0.159. The normalized spacial score (nSPS) is 11.6. The van der Waals surface area contributed by atoms with E-state index in [0.717, 1.165) is 5.69 Å². The third kappa shape index (κ3) is 3.56. The third-order valence-electron chi connectivity index (χ3n) is 4.01. The molecule has 0 aliphatic heterocycles. The molecule has 0 bridgehead atoms. The van der Waals surface area contributed by atoms with Crippen LogP contribution in [0.1, 0.15) is 17.0 Å². The Morgan fingerprint density at radius 1 is 1.14 bits per heavy atom. The molecule has 0 unspecified atom stereocenters. The Balaban J connectivity index is 2.03. The van der Waals surface area contributed by atoms with Crippen LogP contribution in [0.2, 0.25) is 0 Å². The smallest absolute Gasteiger partial charge is 0.368 e. The number of rotatable bonds is 5. The van der Waals surface area contributed by atoms with Crippen molar-refractivity contribution in [3.8, 4) is 0 Å². The van der Waals surface area contributed by atoms with Crippen LogP contribution >= 0.6 is 0 Å². The highest BCUT2D eigenvalue weighted by Gasteiger charge is 2.37. The fourth-order valence-corrected chi connectivity index (χ4v) is 2.71. The van der Waals surface area contributed by atoms with E-state index in [1.165, 1.54) is 0 Å². The van der Waals surface area contributed by atoms with Gasteiger partial charge < -0.3 is 9.72 Å². The summed E-state index contributed by atoms with van der Waals surface area (Å²) in [5.74, 6) is 0. The molecule has 0 atom stereocenters. The molecular formula is C16H12F3N5O4. The van der Waals surface area contributed by atoms with Crippen molar-refractivity contribution in [1.29, 1.82) is 0 Å². The van der Waals surface area contributed by atoms with E-state index in [-0.39, 0.29) is 18.7 Å². The number of aryl methyl sites for hydroxylation is 1. The second-order valence-corrected chi connectivity index (χ2v) is 5.88. The number of nitrogens with zero attached hydrogens (tertiary/aromatic N) is 4. The van der Waals surface area contributed by atoms with Crippen molar-refractivity contribution in [2.75, 3.05) is 5.32 Å². The molecule has 2 heterocycles. The van der Waals surface area contributed by atoms with Crippen LogP contribution in [0.25, 0.3) is 5.65 Å². The lowest BCUT2D eigenvalue weighted by molar-refractivity contribution is -0.392. The van der Waals surface area contributed by atoms with Gasteiger partial charge in [0, 0.05) is 24.0 Å². The van der Waals surface area contributed by atoms with Crippen LogP contribution in [-0.2, 0) is 12.7 Å². The van der Waals surface area contributed by atoms with E-state index in [1.807, 2.05) is 13.0 Å². The fourth-order valence-electron chi connectivity index (χ4n) is 2.71. The number of nitro groups is 2. The van der Waals surface area contributed by atoms with Gasteiger partial charge in [0.15, 0.2) is 5.69 Å². The largest absolute Gasteiger partial charge is 0.416 e. The Morgan fingerprint density at radius 2 is 1.75 bits per heavy atom. The Hall–Kier alpha value is -3.70. The summed E-state index contributed by atoms with van der Waals surface area (Å²) < 4.78 is 40.5. The van der Waals surface area contributed by atoms with Crippen LogP contribution < -0.4 is 5.32 Å². The number of anilines is 1. The topological polar surface area (TPSA) is 116 Å². The number of nitrogens with one attached hydrogen (secondary N) is 1. The molecule has 0 aliphatic carbocycles. The zero-order chi connectivity index (χ0) is 20.6. The molecule has 12 heteroatoms. The lowest BCUT2D eigenvalue weighted by Crippen LogP contribution is -2.11. The minimum Gasteiger partial charge on any atom is -0.368 e. The quantitative estimate of drug-likeness (QED) is 0.514. The third-order valence-corrected chi connectivity index (χ3v) is 4.01. The van der Waals surface area contributed by atoms with Crippen LogP contribution in [0.15, 0.2) is 36.5 Å². The number of nitro benzene ring substituents is 2. The summed E-state index contributed by atoms with van der Waals surface area (Å²) >= 11 is 0. The van der Waals surface area contributed by atoms with Crippen molar-refractivity contribution in [2.45, 2.75) is 19.6 Å². The number of pyridine rings is 1. The number of aromatic nitrogens is 2. The van der Waals surface area contributed by atoms with Crippen molar-refractivity contribution in [2.24, 2.45) is 0 Å². The first-order valence-corrected chi connectivity index (χ1v) is 7.79. The highest BCUT2D eigenvalue weighted by atomic mass is 19.4. The molecule has 3 rings (SSSR count). The minimum atomic E-state index is -4.97. The van der Waals surface area contributed by atoms with Crippen molar-refractivity contribution >= 4 is 22.7 Å². The van der Waals surface area contributed by atoms with Gasteiger partial charge in [-0.2, -0.15) is 13.2 Å². The zero-order valence-corrected chi connectivity index (χ0v) is 14.2. The molecule has 146 valence electrons. The molecule has 1 N–H and O–H groups in total. The summed E-state index contributed by atoms with van der Waals surface area (Å²) in [6.07, 6.45) is -3.34. The first kappa shape index (κ1) is 19.1. The average molecular weight is 395 g/mol. The highest BCUT2D eigenvalue weighted by Crippen LogP contribution is 2.41. The van der Waals surface area contributed by atoms with Gasteiger partial charge in [0.2, 0.25) is 0 Å². The molecule has 0 amide bonds. The summed E-state index contributed by atoms with van der Waals surface area (Å²) in [5.41, 5.74) is -2.31. The number of imidazole rings is 1. The lowest BCUT2D eigenvalue weighted by atomic mass is 10.1. The Morgan fingerprint density at radius 3 is 2.25 bits per heavy atom. The van der Waals surface area contributed by atoms with Crippen LogP contribution in [0.5, 0.6) is 0 Å². The van der Waals surface area contributed by atoms with Gasteiger partial charge in [-0.25, -0.2) is 4.98 Å². The first-order chi connectivity index (χ1) is 13.1. The van der Waals surface area contributed by atoms with E-state index in [0.29, 0.717) is 11.3 Å². The number of alkyl halides is 3. The molecule has 0 saturated carbocycles. The van der Waals surface area contributed by atoms with Crippen LogP contribution in [0, 0.1) is 27.2 Å². The molecule has 1 aromatic carbocycles. The maximum absolute atomic E-state index is 12.9. The van der Waals surface area contributed by atoms with Crippen molar-refractivity contribution in [1.82, 2.24) is 9.38 Å². The van der Waals surface area contributed by atoms with Gasteiger partial charge in [-0.1, -0.05) is 6.07 Å². The summed E-state index contributed by atoms with van der Waals surface area (Å²) in [4.78, 5) is 24.5. The van der Waals surface area contributed by atoms with Gasteiger partial charge in [-0.15, -0.1) is 0 Å². The van der Waals surface area contributed by atoms with E-state index in [4.69, 9.17) is 0 Å². The maximum atomic E-state index is 12.9. The monoisotopic (exact) mass is 395 g/mol. The number of hydrogen-bond donors (Lipinski definition) is 1. The van der Waals surface area contributed by atoms with E-state index < -0.39 is 38.6 Å². The molecule has 28 heavy (non-hydrogen) atoms. The van der Waals surface area contributed by atoms with Gasteiger partial charge in [0.1, 0.15) is 5.65 Å². The van der Waals surface area contributed by atoms with E-state index >= 15 is 0 Å². The number of fused-ring (bicyclic) bond motifs is 1. The predicted octanol–water partition coefficient (Wildman–Crippen LogP) is 4.09. The summed E-state index contributed by atoms with van der Waals surface area (Å²) in [7, 11) is 0. The molecular weight excluding hydrogens is 383 g/mol. The zero-order valence-electron chi connectivity index (χ0n) is 14.2. The SMILES string of the molecule is Cc1cccc2nc(CNc3c([N+](=O)[O-])cc(C(F)(F)F)cc3[N+](=O)[O-])cn12. The fraction of sp³-hybridized carbons (Fsp3) is 0.188. The molecule has 3 aromatic rings. The van der Waals surface area contributed by atoms with E-state index in [2.05, 4.69) is 10.3 Å².